The number of piperidine rings is 3. The number of methoxy groups -OCH3 is 1. The second kappa shape index (κ2) is 7.76. The van der Waals surface area contributed by atoms with Gasteiger partial charge >= 0.3 is 5.97 Å². The highest BCUT2D eigenvalue weighted by Crippen LogP contribution is 2.36. The number of ether oxygens (including phenoxy) is 2. The van der Waals surface area contributed by atoms with Crippen molar-refractivity contribution in [1.29, 1.82) is 0 Å². The topological polar surface area (TPSA) is 64.6 Å². The van der Waals surface area contributed by atoms with Gasteiger partial charge in [-0.1, -0.05) is 0 Å². The molecule has 3 aliphatic rings. The van der Waals surface area contributed by atoms with E-state index >= 15 is 0 Å². The van der Waals surface area contributed by atoms with E-state index < -0.39 is 0 Å². The lowest BCUT2D eigenvalue weighted by Crippen LogP contribution is -2.66. The third-order valence-corrected chi connectivity index (χ3v) is 5.99. The van der Waals surface area contributed by atoms with E-state index in [9.17, 15) is 9.59 Å². The van der Waals surface area contributed by atoms with Crippen molar-refractivity contribution in [3.8, 4) is 5.75 Å². The number of hydrogen-bond acceptors (Lipinski definition) is 5. The van der Waals surface area contributed by atoms with Crippen LogP contribution in [0.1, 0.15) is 30.1 Å². The molecular weight excluding hydrogens is 332 g/mol. The van der Waals surface area contributed by atoms with Gasteiger partial charge in [-0.05, 0) is 38.2 Å². The van der Waals surface area contributed by atoms with Crippen molar-refractivity contribution in [3.05, 3.63) is 29.8 Å². The van der Waals surface area contributed by atoms with Crippen LogP contribution in [0.5, 0.6) is 5.75 Å². The lowest BCUT2D eigenvalue weighted by atomic mass is 9.82. The lowest BCUT2D eigenvalue weighted by molar-refractivity contribution is -0.938. The lowest BCUT2D eigenvalue weighted by Gasteiger charge is -2.51. The molecule has 1 aromatic rings. The number of quaternary nitrogens is 1. The predicted molar refractivity (Wildman–Crippen MR) is 98.2 cm³/mol. The highest BCUT2D eigenvalue weighted by Gasteiger charge is 2.48. The van der Waals surface area contributed by atoms with Gasteiger partial charge in [-0.2, -0.15) is 0 Å². The first-order valence-corrected chi connectivity index (χ1v) is 9.36. The first-order chi connectivity index (χ1) is 12.5. The molecule has 0 aromatic heterocycles. The summed E-state index contributed by atoms with van der Waals surface area (Å²) in [7, 11) is 3.37. The third-order valence-electron chi connectivity index (χ3n) is 5.99. The Bertz CT molecular complexity index is 650. The maximum Gasteiger partial charge on any atom is 0.323 e. The smallest absolute Gasteiger partial charge is 0.323 e. The van der Waals surface area contributed by atoms with Gasteiger partial charge in [0.05, 0.1) is 20.2 Å². The number of benzene rings is 1. The van der Waals surface area contributed by atoms with Crippen LogP contribution < -0.4 is 10.1 Å². The summed E-state index contributed by atoms with van der Waals surface area (Å²) in [4.78, 5) is 25.0. The average Bonchev–Trinajstić information content (AvgIpc) is 2.67. The molecule has 0 saturated carbocycles. The molecule has 1 aromatic carbocycles. The summed E-state index contributed by atoms with van der Waals surface area (Å²) in [5.74, 6) is 1.12. The Kier molecular flexibility index (Phi) is 5.63. The van der Waals surface area contributed by atoms with Crippen molar-refractivity contribution < 1.29 is 23.5 Å². The molecule has 2 atom stereocenters. The SMILES string of the molecule is CNC(C)C(=O)OC1C[N+]2(CC(=O)c3ccc(OC)cc3)CCC1CC2. The summed E-state index contributed by atoms with van der Waals surface area (Å²) >= 11 is 0. The van der Waals surface area contributed by atoms with Crippen LogP contribution in [-0.2, 0) is 9.53 Å². The number of fused-ring (bicyclic) bond motifs is 3. The van der Waals surface area contributed by atoms with Crippen LogP contribution in [0.3, 0.4) is 0 Å². The van der Waals surface area contributed by atoms with E-state index in [4.69, 9.17) is 9.47 Å². The fourth-order valence-corrected chi connectivity index (χ4v) is 4.12. The second-order valence-corrected chi connectivity index (χ2v) is 7.60. The summed E-state index contributed by atoms with van der Waals surface area (Å²) in [5, 5.41) is 2.93. The van der Waals surface area contributed by atoms with E-state index in [0.717, 1.165) is 42.7 Å². The minimum atomic E-state index is -0.306. The maximum atomic E-state index is 12.8. The van der Waals surface area contributed by atoms with Gasteiger partial charge in [-0.15, -0.1) is 0 Å². The van der Waals surface area contributed by atoms with Crippen molar-refractivity contribution in [1.82, 2.24) is 5.32 Å². The van der Waals surface area contributed by atoms with Crippen LogP contribution in [0, 0.1) is 5.92 Å². The molecular formula is C20H29N2O4+. The van der Waals surface area contributed by atoms with Crippen LogP contribution >= 0.6 is 0 Å². The van der Waals surface area contributed by atoms with Crippen molar-refractivity contribution in [2.24, 2.45) is 5.92 Å². The van der Waals surface area contributed by atoms with E-state index in [0.29, 0.717) is 18.0 Å². The van der Waals surface area contributed by atoms with Crippen molar-refractivity contribution in [2.75, 3.05) is 40.3 Å². The summed E-state index contributed by atoms with van der Waals surface area (Å²) in [6, 6.07) is 6.98. The van der Waals surface area contributed by atoms with Crippen molar-refractivity contribution >= 4 is 11.8 Å². The predicted octanol–water partition coefficient (Wildman–Crippen LogP) is 1.64. The number of nitrogens with zero attached hydrogens (tertiary/aromatic N) is 1. The summed E-state index contributed by atoms with van der Waals surface area (Å²) in [5.41, 5.74) is 0.711. The number of rotatable bonds is 7. The Morgan fingerprint density at radius 2 is 1.88 bits per heavy atom. The number of carbonyl (C=O) groups excluding carboxylic acids is 2. The number of carbonyl (C=O) groups is 2. The first kappa shape index (κ1) is 18.9. The summed E-state index contributed by atoms with van der Waals surface area (Å²) in [6.45, 7) is 5.00. The second-order valence-electron chi connectivity index (χ2n) is 7.60. The van der Waals surface area contributed by atoms with Crippen LogP contribution in [0.25, 0.3) is 0 Å². The van der Waals surface area contributed by atoms with Gasteiger partial charge in [-0.3, -0.25) is 9.59 Å². The minimum Gasteiger partial charge on any atom is -0.497 e. The molecule has 3 heterocycles. The number of nitrogens with one attached hydrogen (secondary N) is 1. The van der Waals surface area contributed by atoms with E-state index in [1.807, 2.05) is 24.3 Å². The standard InChI is InChI=1S/C20H29N2O4/c1-14(21-2)20(24)26-19-13-22(10-8-16(19)9-11-22)12-18(23)15-4-6-17(25-3)7-5-15/h4-7,14,16,19,21H,8-13H2,1-3H3/q+1. The minimum absolute atomic E-state index is 0.0792. The van der Waals surface area contributed by atoms with Crippen molar-refractivity contribution in [2.45, 2.75) is 31.9 Å². The maximum absolute atomic E-state index is 12.8. The molecule has 2 bridgehead atoms. The first-order valence-electron chi connectivity index (χ1n) is 9.36. The van der Waals surface area contributed by atoms with Gasteiger partial charge in [0.2, 0.25) is 5.78 Å². The van der Waals surface area contributed by atoms with E-state index in [-0.39, 0.29) is 23.9 Å². The van der Waals surface area contributed by atoms with Crippen LogP contribution in [0.4, 0.5) is 0 Å². The fourth-order valence-electron chi connectivity index (χ4n) is 4.12. The quantitative estimate of drug-likeness (QED) is 0.454. The van der Waals surface area contributed by atoms with Crippen LogP contribution in [0.2, 0.25) is 0 Å². The highest BCUT2D eigenvalue weighted by atomic mass is 16.5. The summed E-state index contributed by atoms with van der Waals surface area (Å²) < 4.78 is 11.7. The Hall–Kier alpha value is -1.92. The molecule has 2 unspecified atom stereocenters. The molecule has 4 rings (SSSR count). The normalized spacial score (nSPS) is 28.4. The van der Waals surface area contributed by atoms with E-state index in [1.165, 1.54) is 0 Å². The highest BCUT2D eigenvalue weighted by molar-refractivity contribution is 5.97. The van der Waals surface area contributed by atoms with Gasteiger partial charge in [0.15, 0.2) is 6.10 Å². The fraction of sp³-hybridized carbons (Fsp3) is 0.600. The van der Waals surface area contributed by atoms with Gasteiger partial charge in [-0.25, -0.2) is 0 Å². The van der Waals surface area contributed by atoms with Gasteiger partial charge in [0.25, 0.3) is 0 Å². The van der Waals surface area contributed by atoms with Gasteiger partial charge in [0, 0.05) is 24.3 Å². The molecule has 3 fully saturated rings. The van der Waals surface area contributed by atoms with Crippen molar-refractivity contribution in [3.63, 3.8) is 0 Å². The average molecular weight is 361 g/mol. The monoisotopic (exact) mass is 361 g/mol. The third kappa shape index (κ3) is 3.91. The molecule has 1 N–H and O–H groups in total. The molecule has 3 saturated heterocycles. The molecule has 0 aliphatic carbocycles. The number of Topliss-reactive ketones (excluding diaryl/α,β-unsaturated/α-hetero) is 1. The zero-order valence-corrected chi connectivity index (χ0v) is 15.9. The molecule has 0 spiro atoms. The summed E-state index contributed by atoms with van der Waals surface area (Å²) in [6.07, 6.45) is 1.95. The largest absolute Gasteiger partial charge is 0.497 e. The Morgan fingerprint density at radius 3 is 2.46 bits per heavy atom. The molecule has 142 valence electrons. The molecule has 3 aliphatic heterocycles. The van der Waals surface area contributed by atoms with E-state index in [2.05, 4.69) is 5.32 Å². The number of likely N-dealkylation sites (N-methyl/N-ethyl adjacent to an activating group) is 1. The molecule has 6 heteroatoms. The Balaban J connectivity index is 1.66. The molecule has 0 amide bonds. The zero-order valence-electron chi connectivity index (χ0n) is 15.9. The Morgan fingerprint density at radius 1 is 1.23 bits per heavy atom. The van der Waals surface area contributed by atoms with E-state index in [1.54, 1.807) is 21.1 Å². The number of esters is 1. The zero-order chi connectivity index (χ0) is 18.7. The molecule has 6 nitrogen and oxygen atoms in total. The Labute approximate surface area is 155 Å². The number of hydrogen-bond donors (Lipinski definition) is 1. The van der Waals surface area contributed by atoms with Gasteiger partial charge in [0.1, 0.15) is 24.9 Å². The number of ketones is 1. The molecule has 26 heavy (non-hydrogen) atoms. The van der Waals surface area contributed by atoms with Crippen LogP contribution in [0.15, 0.2) is 24.3 Å². The molecule has 0 radical (unpaired) electrons. The van der Waals surface area contributed by atoms with Gasteiger partial charge < -0.3 is 19.3 Å². The van der Waals surface area contributed by atoms with Crippen LogP contribution in [-0.4, -0.2) is 68.7 Å².